The molecule has 1 saturated heterocycles. The van der Waals surface area contributed by atoms with Gasteiger partial charge in [0.2, 0.25) is 0 Å². The van der Waals surface area contributed by atoms with Crippen LogP contribution in [0.25, 0.3) is 0 Å². The van der Waals surface area contributed by atoms with Crippen LogP contribution in [0, 0.1) is 0 Å². The zero-order chi connectivity index (χ0) is 22.9. The van der Waals surface area contributed by atoms with Crippen LogP contribution >= 0.6 is 23.5 Å². The third kappa shape index (κ3) is 6.22. The summed E-state index contributed by atoms with van der Waals surface area (Å²) in [7, 11) is 0. The first-order valence-corrected chi connectivity index (χ1v) is 13.8. The van der Waals surface area contributed by atoms with Crippen LogP contribution in [0.4, 0.5) is 4.79 Å². The molecule has 2 aromatic rings. The third-order valence-electron chi connectivity index (χ3n) is 6.06. The molecule has 0 aliphatic carbocycles. The van der Waals surface area contributed by atoms with Crippen LogP contribution in [0.1, 0.15) is 24.0 Å². The van der Waals surface area contributed by atoms with Gasteiger partial charge in [0, 0.05) is 13.1 Å². The number of carbonyl (C=O) groups excluding carboxylic acids is 1. The van der Waals surface area contributed by atoms with Gasteiger partial charge >= 0.3 is 6.03 Å². The summed E-state index contributed by atoms with van der Waals surface area (Å²) in [5.74, 6) is 1.61. The first-order chi connectivity index (χ1) is 15.6. The minimum absolute atomic E-state index is 0.120. The monoisotopic (exact) mass is 474 g/mol. The molecule has 1 fully saturated rings. The quantitative estimate of drug-likeness (QED) is 0.543. The molecule has 2 aromatic carbocycles. The fourth-order valence-electron chi connectivity index (χ4n) is 4.33. The summed E-state index contributed by atoms with van der Waals surface area (Å²) in [6.45, 7) is 0.812. The van der Waals surface area contributed by atoms with E-state index in [0.717, 1.165) is 22.6 Å². The molecule has 0 spiro atoms. The van der Waals surface area contributed by atoms with E-state index in [2.05, 4.69) is 0 Å². The van der Waals surface area contributed by atoms with E-state index >= 15 is 0 Å². The summed E-state index contributed by atoms with van der Waals surface area (Å²) in [5.41, 5.74) is 2.03. The van der Waals surface area contributed by atoms with Gasteiger partial charge < -0.3 is 20.0 Å². The second-order valence-electron chi connectivity index (χ2n) is 8.19. The number of nitrogens with zero attached hydrogens (tertiary/aromatic N) is 2. The molecule has 1 heterocycles. The van der Waals surface area contributed by atoms with Crippen molar-refractivity contribution in [1.29, 1.82) is 0 Å². The summed E-state index contributed by atoms with van der Waals surface area (Å²) >= 11 is 3.37. The number of benzene rings is 2. The van der Waals surface area contributed by atoms with Gasteiger partial charge in [-0.3, -0.25) is 0 Å². The number of carbonyl (C=O) groups is 1. The van der Waals surface area contributed by atoms with Gasteiger partial charge in [-0.25, -0.2) is 4.79 Å². The largest absolute Gasteiger partial charge is 0.388 e. The van der Waals surface area contributed by atoms with Crippen molar-refractivity contribution in [2.45, 2.75) is 50.2 Å². The highest BCUT2D eigenvalue weighted by atomic mass is 32.2. The Labute approximate surface area is 200 Å². The zero-order valence-corrected chi connectivity index (χ0v) is 20.5. The summed E-state index contributed by atoms with van der Waals surface area (Å²) < 4.78 is 0. The van der Waals surface area contributed by atoms with Crippen molar-refractivity contribution in [3.63, 3.8) is 0 Å². The van der Waals surface area contributed by atoms with E-state index in [9.17, 15) is 15.0 Å². The molecule has 0 unspecified atom stereocenters. The van der Waals surface area contributed by atoms with Crippen molar-refractivity contribution < 1.29 is 15.0 Å². The van der Waals surface area contributed by atoms with Gasteiger partial charge in [0.05, 0.1) is 12.1 Å². The predicted molar refractivity (Wildman–Crippen MR) is 135 cm³/mol. The Kier molecular flexibility index (Phi) is 9.78. The fourth-order valence-corrected chi connectivity index (χ4v) is 5.29. The lowest BCUT2D eigenvalue weighted by atomic mass is 9.95. The van der Waals surface area contributed by atoms with Gasteiger partial charge in [-0.1, -0.05) is 60.7 Å². The third-order valence-corrected chi connectivity index (χ3v) is 7.35. The van der Waals surface area contributed by atoms with E-state index in [1.807, 2.05) is 73.2 Å². The molecule has 2 N–H and O–H groups in total. The summed E-state index contributed by atoms with van der Waals surface area (Å²) in [6, 6.07) is 18.8. The lowest BCUT2D eigenvalue weighted by Crippen LogP contribution is -2.49. The summed E-state index contributed by atoms with van der Waals surface area (Å²) in [5, 5.41) is 22.6. The Morgan fingerprint density at radius 2 is 1.09 bits per heavy atom. The molecule has 4 atom stereocenters. The SMILES string of the molecule is CSCC[C@@H]1[C@H](O)[C@@H](O)[C@@H](CCSC)N(Cc2ccccc2)C(=O)N1Cc1ccccc1. The van der Waals surface area contributed by atoms with Gasteiger partial charge in [-0.05, 0) is 48.0 Å². The van der Waals surface area contributed by atoms with E-state index < -0.39 is 24.3 Å². The number of hydrogen-bond acceptors (Lipinski definition) is 5. The molecule has 0 saturated carbocycles. The topological polar surface area (TPSA) is 64.0 Å². The molecule has 0 radical (unpaired) electrons. The van der Waals surface area contributed by atoms with Gasteiger partial charge in [0.25, 0.3) is 0 Å². The molecule has 1 aliphatic heterocycles. The predicted octanol–water partition coefficient (Wildman–Crippen LogP) is 4.09. The van der Waals surface area contributed by atoms with Crippen molar-refractivity contribution in [3.05, 3.63) is 71.8 Å². The molecule has 5 nitrogen and oxygen atoms in total. The highest BCUT2D eigenvalue weighted by Crippen LogP contribution is 2.30. The van der Waals surface area contributed by atoms with Crippen LogP contribution in [0.2, 0.25) is 0 Å². The van der Waals surface area contributed by atoms with Gasteiger partial charge in [0.1, 0.15) is 12.2 Å². The molecular weight excluding hydrogens is 440 g/mol. The number of hydrogen-bond donors (Lipinski definition) is 2. The Hall–Kier alpha value is -1.67. The first kappa shape index (κ1) is 25.0. The van der Waals surface area contributed by atoms with Crippen molar-refractivity contribution in [2.24, 2.45) is 0 Å². The van der Waals surface area contributed by atoms with Crippen LogP contribution in [-0.2, 0) is 13.1 Å². The normalized spacial score (nSPS) is 23.9. The summed E-state index contributed by atoms with van der Waals surface area (Å²) in [4.78, 5) is 17.6. The molecule has 3 rings (SSSR count). The molecule has 174 valence electrons. The Morgan fingerprint density at radius 3 is 1.44 bits per heavy atom. The second kappa shape index (κ2) is 12.5. The molecule has 1 aliphatic rings. The van der Waals surface area contributed by atoms with Crippen molar-refractivity contribution in [3.8, 4) is 0 Å². The lowest BCUT2D eigenvalue weighted by molar-refractivity contribution is -0.0419. The fraction of sp³-hybridized carbons (Fsp3) is 0.480. The number of rotatable bonds is 10. The van der Waals surface area contributed by atoms with E-state index in [4.69, 9.17) is 0 Å². The number of urea groups is 1. The van der Waals surface area contributed by atoms with Crippen LogP contribution < -0.4 is 0 Å². The molecule has 32 heavy (non-hydrogen) atoms. The number of aliphatic hydroxyl groups is 2. The minimum atomic E-state index is -0.998. The number of thioether (sulfide) groups is 2. The van der Waals surface area contributed by atoms with Crippen LogP contribution in [0.5, 0.6) is 0 Å². The minimum Gasteiger partial charge on any atom is -0.388 e. The van der Waals surface area contributed by atoms with E-state index in [1.54, 1.807) is 33.3 Å². The Bertz CT molecular complexity index is 757. The van der Waals surface area contributed by atoms with Gasteiger partial charge in [-0.2, -0.15) is 23.5 Å². The Morgan fingerprint density at radius 1 is 0.719 bits per heavy atom. The number of amides is 2. The lowest BCUT2D eigenvalue weighted by Gasteiger charge is -2.35. The maximum atomic E-state index is 14.0. The maximum absolute atomic E-state index is 14.0. The van der Waals surface area contributed by atoms with Crippen molar-refractivity contribution in [2.75, 3.05) is 24.0 Å². The van der Waals surface area contributed by atoms with Gasteiger partial charge in [0.15, 0.2) is 0 Å². The highest BCUT2D eigenvalue weighted by Gasteiger charge is 2.45. The average molecular weight is 475 g/mol. The van der Waals surface area contributed by atoms with Crippen molar-refractivity contribution in [1.82, 2.24) is 9.80 Å². The highest BCUT2D eigenvalue weighted by molar-refractivity contribution is 7.98. The first-order valence-electron chi connectivity index (χ1n) is 11.1. The molecular formula is C25H34N2O3S2. The smallest absolute Gasteiger partial charge is 0.321 e. The second-order valence-corrected chi connectivity index (χ2v) is 10.2. The summed E-state index contributed by atoms with van der Waals surface area (Å²) in [6.07, 6.45) is 3.31. The zero-order valence-electron chi connectivity index (χ0n) is 18.8. The Balaban J connectivity index is 2.00. The number of aliphatic hydroxyl groups excluding tert-OH is 2. The van der Waals surface area contributed by atoms with E-state index in [1.165, 1.54) is 0 Å². The standard InChI is InChI=1S/C25H34N2O3S2/c1-31-15-13-21-23(28)24(29)22(14-16-32-2)27(18-20-11-7-4-8-12-20)25(30)26(21)17-19-9-5-3-6-10-19/h3-12,21-24,28-29H,13-18H2,1-2H3/t21-,22-,23+,24+/m1/s1. The van der Waals surface area contributed by atoms with Crippen LogP contribution in [0.3, 0.4) is 0 Å². The van der Waals surface area contributed by atoms with E-state index in [-0.39, 0.29) is 6.03 Å². The molecule has 7 heteroatoms. The van der Waals surface area contributed by atoms with Crippen LogP contribution in [0.15, 0.2) is 60.7 Å². The van der Waals surface area contributed by atoms with Crippen LogP contribution in [-0.4, -0.2) is 74.4 Å². The maximum Gasteiger partial charge on any atom is 0.321 e. The average Bonchev–Trinajstić information content (AvgIpc) is 2.88. The molecule has 0 bridgehead atoms. The molecule has 2 amide bonds. The van der Waals surface area contributed by atoms with Gasteiger partial charge in [-0.15, -0.1) is 0 Å². The molecule has 0 aromatic heterocycles. The van der Waals surface area contributed by atoms with Crippen molar-refractivity contribution >= 4 is 29.6 Å². The van der Waals surface area contributed by atoms with E-state index in [0.29, 0.717) is 25.9 Å².